The molecule has 0 aromatic heterocycles. The Hall–Kier alpha value is -1.43. The van der Waals surface area contributed by atoms with Crippen LogP contribution in [0.3, 0.4) is 0 Å². The minimum Gasteiger partial charge on any atom is -0.478 e. The highest BCUT2D eigenvalue weighted by Crippen LogP contribution is 2.34. The van der Waals surface area contributed by atoms with Crippen LogP contribution in [0.5, 0.6) is 11.5 Å². The van der Waals surface area contributed by atoms with Crippen molar-refractivity contribution in [3.8, 4) is 11.5 Å². The maximum atomic E-state index is 11.1. The summed E-state index contributed by atoms with van der Waals surface area (Å²) in [6.07, 6.45) is 0. The number of hydrogen-bond donors (Lipinski definition) is 1. The van der Waals surface area contributed by atoms with Crippen LogP contribution in [-0.2, 0) is 0 Å². The van der Waals surface area contributed by atoms with E-state index >= 15 is 0 Å². The van der Waals surface area contributed by atoms with Crippen LogP contribution < -0.4 is 4.74 Å². The molecule has 0 saturated heterocycles. The molecule has 0 unspecified atom stereocenters. The molecule has 0 radical (unpaired) electrons. The quantitative estimate of drug-likeness (QED) is 0.376. The zero-order valence-electron chi connectivity index (χ0n) is 10.2. The van der Waals surface area contributed by atoms with Crippen molar-refractivity contribution in [2.45, 2.75) is 0 Å². The molecule has 6 nitrogen and oxygen atoms in total. The number of carboxylic acid groups (broad SMARTS) is 1. The van der Waals surface area contributed by atoms with Crippen LogP contribution in [0.25, 0.3) is 0 Å². The molecule has 2 aromatic rings. The summed E-state index contributed by atoms with van der Waals surface area (Å²) in [5.74, 6) is -0.756. The van der Waals surface area contributed by atoms with E-state index in [9.17, 15) is 14.9 Å². The van der Waals surface area contributed by atoms with Gasteiger partial charge in [-0.3, -0.25) is 10.1 Å². The van der Waals surface area contributed by atoms with Gasteiger partial charge in [0.15, 0.2) is 0 Å². The largest absolute Gasteiger partial charge is 0.478 e. The second-order valence-electron chi connectivity index (χ2n) is 3.92. The first-order chi connectivity index (χ1) is 9.88. The van der Waals surface area contributed by atoms with Gasteiger partial charge in [-0.05, 0) is 75.5 Å². The summed E-state index contributed by atoms with van der Waals surface area (Å²) in [6, 6.07) is 8.92. The number of rotatable bonds is 4. The Kier molecular flexibility index (Phi) is 4.98. The lowest BCUT2D eigenvalue weighted by Crippen LogP contribution is -1.99. The maximum absolute atomic E-state index is 11.1. The summed E-state index contributed by atoms with van der Waals surface area (Å²) in [5, 5.41) is 20.0. The molecular weight excluding hydrogens is 504 g/mol. The van der Waals surface area contributed by atoms with Gasteiger partial charge in [-0.1, -0.05) is 0 Å². The fourth-order valence-corrected chi connectivity index (χ4v) is 2.47. The van der Waals surface area contributed by atoms with Gasteiger partial charge in [0.25, 0.3) is 0 Å². The lowest BCUT2D eigenvalue weighted by molar-refractivity contribution is -0.385. The molecule has 1 N–H and O–H groups in total. The molecule has 0 spiro atoms. The van der Waals surface area contributed by atoms with Gasteiger partial charge in [-0.25, -0.2) is 4.79 Å². The number of nitrogens with zero attached hydrogens (tertiary/aromatic N) is 1. The van der Waals surface area contributed by atoms with E-state index in [4.69, 9.17) is 9.84 Å². The summed E-state index contributed by atoms with van der Waals surface area (Å²) in [4.78, 5) is 21.5. The van der Waals surface area contributed by atoms with E-state index in [2.05, 4.69) is 0 Å². The van der Waals surface area contributed by atoms with Crippen molar-refractivity contribution in [3.63, 3.8) is 0 Å². The molecule has 0 amide bonds. The van der Waals surface area contributed by atoms with E-state index in [1.165, 1.54) is 24.3 Å². The SMILES string of the molecule is O=C(O)c1ccc(I)c(Oc2ccc(I)cc2[N+](=O)[O-])c1. The molecule has 0 aliphatic carbocycles. The number of aromatic carboxylic acids is 1. The summed E-state index contributed by atoms with van der Waals surface area (Å²) in [5.41, 5.74) is -0.114. The van der Waals surface area contributed by atoms with E-state index in [1.807, 2.05) is 45.2 Å². The summed E-state index contributed by atoms with van der Waals surface area (Å²) in [7, 11) is 0. The fourth-order valence-electron chi connectivity index (χ4n) is 1.55. The van der Waals surface area contributed by atoms with Gasteiger partial charge in [0.1, 0.15) is 5.75 Å². The maximum Gasteiger partial charge on any atom is 0.335 e. The average molecular weight is 511 g/mol. The van der Waals surface area contributed by atoms with Gasteiger partial charge in [0, 0.05) is 9.64 Å². The van der Waals surface area contributed by atoms with E-state index in [1.54, 1.807) is 12.1 Å². The number of carboxylic acids is 1. The normalized spacial score (nSPS) is 10.2. The highest BCUT2D eigenvalue weighted by atomic mass is 127. The van der Waals surface area contributed by atoms with Crippen LogP contribution in [0, 0.1) is 17.3 Å². The number of benzene rings is 2. The average Bonchev–Trinajstić information content (AvgIpc) is 2.42. The Morgan fingerprint density at radius 1 is 1.14 bits per heavy atom. The molecule has 0 bridgehead atoms. The standard InChI is InChI=1S/C13H7I2NO5/c14-8-2-4-11(10(6-8)16(19)20)21-12-5-7(13(17)18)1-3-9(12)15/h1-6H,(H,17,18). The molecule has 8 heteroatoms. The minimum atomic E-state index is -1.09. The van der Waals surface area contributed by atoms with Gasteiger partial charge in [-0.2, -0.15) is 0 Å². The first kappa shape index (κ1) is 15.9. The van der Waals surface area contributed by atoms with Crippen LogP contribution in [-0.4, -0.2) is 16.0 Å². The third-order valence-electron chi connectivity index (χ3n) is 2.52. The Morgan fingerprint density at radius 3 is 2.48 bits per heavy atom. The first-order valence-electron chi connectivity index (χ1n) is 5.53. The highest BCUT2D eigenvalue weighted by Gasteiger charge is 2.18. The Bertz CT molecular complexity index is 732. The molecule has 2 aromatic carbocycles. The van der Waals surface area contributed by atoms with E-state index < -0.39 is 10.9 Å². The van der Waals surface area contributed by atoms with Crippen molar-refractivity contribution in [3.05, 3.63) is 59.2 Å². The van der Waals surface area contributed by atoms with Crippen molar-refractivity contribution < 1.29 is 19.6 Å². The summed E-state index contributed by atoms with van der Waals surface area (Å²) >= 11 is 3.94. The van der Waals surface area contributed by atoms with Crippen molar-refractivity contribution >= 4 is 56.8 Å². The predicted molar refractivity (Wildman–Crippen MR) is 92.0 cm³/mol. The lowest BCUT2D eigenvalue weighted by Gasteiger charge is -2.09. The third kappa shape index (κ3) is 3.81. The zero-order valence-corrected chi connectivity index (χ0v) is 14.6. The minimum absolute atomic E-state index is 0.0542. The molecule has 108 valence electrons. The summed E-state index contributed by atoms with van der Waals surface area (Å²) in [6.45, 7) is 0. The molecule has 0 heterocycles. The number of ether oxygens (including phenoxy) is 1. The van der Waals surface area contributed by atoms with Gasteiger partial charge < -0.3 is 9.84 Å². The monoisotopic (exact) mass is 511 g/mol. The van der Waals surface area contributed by atoms with Crippen molar-refractivity contribution in [2.24, 2.45) is 0 Å². The topological polar surface area (TPSA) is 89.7 Å². The molecule has 0 atom stereocenters. The van der Waals surface area contributed by atoms with Gasteiger partial charge in [0.2, 0.25) is 5.75 Å². The molecule has 21 heavy (non-hydrogen) atoms. The first-order valence-corrected chi connectivity index (χ1v) is 7.69. The second kappa shape index (κ2) is 6.56. The van der Waals surface area contributed by atoms with Crippen LogP contribution in [0.4, 0.5) is 5.69 Å². The highest BCUT2D eigenvalue weighted by molar-refractivity contribution is 14.1. The van der Waals surface area contributed by atoms with Crippen LogP contribution in [0.15, 0.2) is 36.4 Å². The molecule has 0 aliphatic heterocycles. The number of nitro benzene ring substituents is 1. The van der Waals surface area contributed by atoms with Crippen LogP contribution in [0.2, 0.25) is 0 Å². The number of carbonyl (C=O) groups is 1. The Balaban J connectivity index is 2.45. The second-order valence-corrected chi connectivity index (χ2v) is 6.33. The van der Waals surface area contributed by atoms with Gasteiger partial charge in [0.05, 0.1) is 14.1 Å². The third-order valence-corrected chi connectivity index (χ3v) is 4.08. The summed E-state index contributed by atoms with van der Waals surface area (Å²) < 4.78 is 6.90. The lowest BCUT2D eigenvalue weighted by atomic mass is 10.2. The molecule has 0 fully saturated rings. The van der Waals surface area contributed by atoms with E-state index in [0.29, 0.717) is 7.14 Å². The van der Waals surface area contributed by atoms with Gasteiger partial charge in [-0.15, -0.1) is 0 Å². The van der Waals surface area contributed by atoms with E-state index in [0.717, 1.165) is 0 Å². The zero-order chi connectivity index (χ0) is 15.6. The number of halogens is 2. The van der Waals surface area contributed by atoms with Crippen molar-refractivity contribution in [1.82, 2.24) is 0 Å². The molecule has 2 rings (SSSR count). The molecular formula is C13H7I2NO5. The van der Waals surface area contributed by atoms with Crippen molar-refractivity contribution in [2.75, 3.05) is 0 Å². The van der Waals surface area contributed by atoms with Gasteiger partial charge >= 0.3 is 11.7 Å². The Labute approximate surface area is 146 Å². The molecule has 0 saturated carbocycles. The predicted octanol–water partition coefficient (Wildman–Crippen LogP) is 4.29. The number of hydrogen-bond acceptors (Lipinski definition) is 4. The van der Waals surface area contributed by atoms with Crippen molar-refractivity contribution in [1.29, 1.82) is 0 Å². The Morgan fingerprint density at radius 2 is 1.86 bits per heavy atom. The van der Waals surface area contributed by atoms with Crippen LogP contribution in [0.1, 0.15) is 10.4 Å². The van der Waals surface area contributed by atoms with Crippen LogP contribution >= 0.6 is 45.2 Å². The fraction of sp³-hybridized carbons (Fsp3) is 0. The number of nitro groups is 1. The molecule has 0 aliphatic rings. The smallest absolute Gasteiger partial charge is 0.335 e. The van der Waals surface area contributed by atoms with E-state index in [-0.39, 0.29) is 22.7 Å².